The van der Waals surface area contributed by atoms with Crippen molar-refractivity contribution in [3.63, 3.8) is 0 Å². The summed E-state index contributed by atoms with van der Waals surface area (Å²) < 4.78 is 0. The van der Waals surface area contributed by atoms with E-state index in [0.717, 1.165) is 16.1 Å². The maximum atomic E-state index is 11.7. The Kier molecular flexibility index (Phi) is 3.59. The largest absolute Gasteiger partial charge is 0.326 e. The van der Waals surface area contributed by atoms with Crippen molar-refractivity contribution in [2.75, 3.05) is 5.32 Å². The summed E-state index contributed by atoms with van der Waals surface area (Å²) in [6.07, 6.45) is 5.70. The fraction of sp³-hybridized carbons (Fsp3) is 0.0714. The van der Waals surface area contributed by atoms with Crippen LogP contribution in [-0.2, 0) is 11.2 Å². The summed E-state index contributed by atoms with van der Waals surface area (Å²) in [5.74, 6) is 2.51. The Balaban J connectivity index is 2.01. The lowest BCUT2D eigenvalue weighted by Gasteiger charge is -2.04. The number of hydrogen-bond acceptors (Lipinski definition) is 2. The van der Waals surface area contributed by atoms with Crippen LogP contribution in [-0.4, -0.2) is 5.91 Å². The van der Waals surface area contributed by atoms with E-state index in [1.54, 1.807) is 17.4 Å². The van der Waals surface area contributed by atoms with E-state index in [0.29, 0.717) is 6.42 Å². The highest BCUT2D eigenvalue weighted by Crippen LogP contribution is 2.13. The number of terminal acetylenes is 1. The molecule has 0 saturated carbocycles. The topological polar surface area (TPSA) is 29.1 Å². The quantitative estimate of drug-likeness (QED) is 0.822. The molecular weight excluding hydrogens is 230 g/mol. The van der Waals surface area contributed by atoms with Crippen molar-refractivity contribution in [1.82, 2.24) is 0 Å². The SMILES string of the molecule is C#Cc1cccc(NC(=O)Cc2cccs2)c1. The summed E-state index contributed by atoms with van der Waals surface area (Å²) in [4.78, 5) is 12.8. The van der Waals surface area contributed by atoms with Gasteiger partial charge in [0.1, 0.15) is 0 Å². The fourth-order valence-electron chi connectivity index (χ4n) is 1.46. The predicted molar refractivity (Wildman–Crippen MR) is 71.0 cm³/mol. The number of amides is 1. The van der Waals surface area contributed by atoms with Crippen LogP contribution in [0.1, 0.15) is 10.4 Å². The fourth-order valence-corrected chi connectivity index (χ4v) is 2.17. The molecule has 1 heterocycles. The van der Waals surface area contributed by atoms with Gasteiger partial charge >= 0.3 is 0 Å². The molecule has 17 heavy (non-hydrogen) atoms. The molecule has 0 aliphatic heterocycles. The average Bonchev–Trinajstić information content (AvgIpc) is 2.82. The van der Waals surface area contributed by atoms with Gasteiger partial charge in [0.25, 0.3) is 0 Å². The molecule has 2 nitrogen and oxygen atoms in total. The Morgan fingerprint density at radius 1 is 1.35 bits per heavy atom. The van der Waals surface area contributed by atoms with Gasteiger partial charge < -0.3 is 5.32 Å². The van der Waals surface area contributed by atoms with Crippen molar-refractivity contribution in [3.8, 4) is 12.3 Å². The first-order chi connectivity index (χ1) is 8.28. The van der Waals surface area contributed by atoms with Gasteiger partial charge in [-0.15, -0.1) is 17.8 Å². The summed E-state index contributed by atoms with van der Waals surface area (Å²) in [6, 6.07) is 11.2. The Labute approximate surface area is 104 Å². The number of nitrogens with one attached hydrogen (secondary N) is 1. The van der Waals surface area contributed by atoms with Gasteiger partial charge in [0, 0.05) is 16.1 Å². The van der Waals surface area contributed by atoms with E-state index in [1.165, 1.54) is 0 Å². The van der Waals surface area contributed by atoms with E-state index in [9.17, 15) is 4.79 Å². The zero-order chi connectivity index (χ0) is 12.1. The molecule has 2 rings (SSSR count). The molecule has 0 radical (unpaired) electrons. The van der Waals surface area contributed by atoms with E-state index < -0.39 is 0 Å². The van der Waals surface area contributed by atoms with Gasteiger partial charge in [-0.3, -0.25) is 4.79 Å². The van der Waals surface area contributed by atoms with Crippen molar-refractivity contribution in [2.45, 2.75) is 6.42 Å². The van der Waals surface area contributed by atoms with Crippen LogP contribution in [0.5, 0.6) is 0 Å². The third-order valence-corrected chi connectivity index (χ3v) is 3.10. The smallest absolute Gasteiger partial charge is 0.229 e. The molecule has 1 N–H and O–H groups in total. The molecular formula is C14H11NOS. The van der Waals surface area contributed by atoms with Crippen LogP contribution in [0.4, 0.5) is 5.69 Å². The molecule has 0 saturated heterocycles. The van der Waals surface area contributed by atoms with E-state index in [2.05, 4.69) is 11.2 Å². The van der Waals surface area contributed by atoms with E-state index >= 15 is 0 Å². The molecule has 0 bridgehead atoms. The van der Waals surface area contributed by atoms with Gasteiger partial charge in [0.15, 0.2) is 0 Å². The number of anilines is 1. The highest BCUT2D eigenvalue weighted by atomic mass is 32.1. The van der Waals surface area contributed by atoms with Crippen molar-refractivity contribution in [2.24, 2.45) is 0 Å². The first-order valence-corrected chi connectivity index (χ1v) is 6.05. The standard InChI is InChI=1S/C14H11NOS/c1-2-11-5-3-6-12(9-11)15-14(16)10-13-7-4-8-17-13/h1,3-9H,10H2,(H,15,16). The van der Waals surface area contributed by atoms with Gasteiger partial charge in [0.05, 0.1) is 6.42 Å². The molecule has 1 amide bonds. The van der Waals surface area contributed by atoms with Crippen molar-refractivity contribution >= 4 is 22.9 Å². The molecule has 84 valence electrons. The van der Waals surface area contributed by atoms with E-state index in [4.69, 9.17) is 6.42 Å². The number of hydrogen-bond donors (Lipinski definition) is 1. The minimum atomic E-state index is -0.0263. The van der Waals surface area contributed by atoms with Crippen LogP contribution < -0.4 is 5.32 Å². The van der Waals surface area contributed by atoms with Crippen LogP contribution in [0.2, 0.25) is 0 Å². The van der Waals surface area contributed by atoms with Gasteiger partial charge in [-0.25, -0.2) is 0 Å². The molecule has 1 aromatic carbocycles. The van der Waals surface area contributed by atoms with Crippen LogP contribution in [0.3, 0.4) is 0 Å². The number of carbonyl (C=O) groups excluding carboxylic acids is 1. The number of benzene rings is 1. The highest BCUT2D eigenvalue weighted by molar-refractivity contribution is 7.10. The van der Waals surface area contributed by atoms with E-state index in [1.807, 2.05) is 35.7 Å². The lowest BCUT2D eigenvalue weighted by molar-refractivity contribution is -0.115. The summed E-state index contributed by atoms with van der Waals surface area (Å²) in [6.45, 7) is 0. The molecule has 0 aliphatic rings. The normalized spacial score (nSPS) is 9.59. The predicted octanol–water partition coefficient (Wildman–Crippen LogP) is 2.91. The molecule has 0 spiro atoms. The lowest BCUT2D eigenvalue weighted by atomic mass is 10.2. The van der Waals surface area contributed by atoms with Gasteiger partial charge in [-0.05, 0) is 29.6 Å². The van der Waals surface area contributed by atoms with Gasteiger partial charge in [-0.1, -0.05) is 18.1 Å². The van der Waals surface area contributed by atoms with Crippen LogP contribution in [0, 0.1) is 12.3 Å². The first kappa shape index (κ1) is 11.4. The van der Waals surface area contributed by atoms with Gasteiger partial charge in [-0.2, -0.15) is 0 Å². The second-order valence-electron chi connectivity index (χ2n) is 3.53. The number of rotatable bonds is 3. The minimum absolute atomic E-state index is 0.0263. The molecule has 3 heteroatoms. The minimum Gasteiger partial charge on any atom is -0.326 e. The Morgan fingerprint density at radius 2 is 2.24 bits per heavy atom. The molecule has 0 atom stereocenters. The number of thiophene rings is 1. The molecule has 0 unspecified atom stereocenters. The number of carbonyl (C=O) groups is 1. The average molecular weight is 241 g/mol. The summed E-state index contributed by atoms with van der Waals surface area (Å²) in [5.41, 5.74) is 1.50. The summed E-state index contributed by atoms with van der Waals surface area (Å²) in [5, 5.41) is 4.79. The third kappa shape index (κ3) is 3.20. The van der Waals surface area contributed by atoms with Crippen molar-refractivity contribution in [1.29, 1.82) is 0 Å². The van der Waals surface area contributed by atoms with Crippen molar-refractivity contribution in [3.05, 3.63) is 52.2 Å². The summed E-state index contributed by atoms with van der Waals surface area (Å²) >= 11 is 1.58. The first-order valence-electron chi connectivity index (χ1n) is 5.17. The zero-order valence-electron chi connectivity index (χ0n) is 9.14. The lowest BCUT2D eigenvalue weighted by Crippen LogP contribution is -2.13. The second-order valence-corrected chi connectivity index (χ2v) is 4.56. The van der Waals surface area contributed by atoms with Crippen LogP contribution in [0.15, 0.2) is 41.8 Å². The van der Waals surface area contributed by atoms with Crippen molar-refractivity contribution < 1.29 is 4.79 Å². The monoisotopic (exact) mass is 241 g/mol. The molecule has 0 aliphatic carbocycles. The Morgan fingerprint density at radius 3 is 2.94 bits per heavy atom. The zero-order valence-corrected chi connectivity index (χ0v) is 9.96. The maximum absolute atomic E-state index is 11.7. The summed E-state index contributed by atoms with van der Waals surface area (Å²) in [7, 11) is 0. The molecule has 2 aromatic rings. The molecule has 1 aromatic heterocycles. The van der Waals surface area contributed by atoms with Gasteiger partial charge in [0.2, 0.25) is 5.91 Å². The second kappa shape index (κ2) is 5.33. The Hall–Kier alpha value is -2.05. The maximum Gasteiger partial charge on any atom is 0.229 e. The van der Waals surface area contributed by atoms with Crippen LogP contribution in [0.25, 0.3) is 0 Å². The van der Waals surface area contributed by atoms with Crippen LogP contribution >= 0.6 is 11.3 Å². The Bertz CT molecular complexity index is 552. The van der Waals surface area contributed by atoms with E-state index in [-0.39, 0.29) is 5.91 Å². The molecule has 0 fully saturated rings. The highest BCUT2D eigenvalue weighted by Gasteiger charge is 2.04. The third-order valence-electron chi connectivity index (χ3n) is 2.23.